The Labute approximate surface area is 199 Å². The first-order chi connectivity index (χ1) is 16.7. The van der Waals surface area contributed by atoms with Gasteiger partial charge < -0.3 is 24.7 Å². The second kappa shape index (κ2) is 8.91. The molecule has 2 unspecified atom stereocenters. The summed E-state index contributed by atoms with van der Waals surface area (Å²) in [6.45, 7) is 2.32. The molecule has 1 aromatic heterocycles. The van der Waals surface area contributed by atoms with Crippen LogP contribution < -0.4 is 15.1 Å². The number of anilines is 4. The van der Waals surface area contributed by atoms with E-state index >= 15 is 0 Å². The Kier molecular flexibility index (Phi) is 5.61. The number of hydrogen-bond acceptors (Lipinski definition) is 7. The molecule has 34 heavy (non-hydrogen) atoms. The summed E-state index contributed by atoms with van der Waals surface area (Å²) in [5, 5.41) is 7.60. The maximum atomic E-state index is 13.9. The van der Waals surface area contributed by atoms with E-state index in [9.17, 15) is 4.79 Å². The first kappa shape index (κ1) is 21.4. The summed E-state index contributed by atoms with van der Waals surface area (Å²) in [5.41, 5.74) is 5.06. The van der Waals surface area contributed by atoms with E-state index in [1.165, 1.54) is 0 Å². The molecular formula is C26H31N5O3. The van der Waals surface area contributed by atoms with Gasteiger partial charge >= 0.3 is 0 Å². The van der Waals surface area contributed by atoms with E-state index in [0.29, 0.717) is 18.8 Å². The average Bonchev–Trinajstić information content (AvgIpc) is 3.11. The molecule has 0 spiro atoms. The first-order valence-corrected chi connectivity index (χ1v) is 12.3. The molecule has 2 bridgehead atoms. The number of carbonyl (C=O) groups is 1. The molecule has 3 aliphatic heterocycles. The van der Waals surface area contributed by atoms with E-state index in [0.717, 1.165) is 85.8 Å². The number of ether oxygens (including phenoxy) is 1. The zero-order valence-corrected chi connectivity index (χ0v) is 19.6. The van der Waals surface area contributed by atoms with E-state index in [1.54, 1.807) is 13.3 Å². The van der Waals surface area contributed by atoms with Crippen molar-refractivity contribution in [1.82, 2.24) is 4.98 Å². The van der Waals surface area contributed by atoms with Crippen LogP contribution in [0.25, 0.3) is 0 Å². The van der Waals surface area contributed by atoms with Crippen LogP contribution in [0.3, 0.4) is 0 Å². The van der Waals surface area contributed by atoms with Crippen LogP contribution in [0.5, 0.6) is 0 Å². The molecule has 8 heteroatoms. The van der Waals surface area contributed by atoms with Crippen LogP contribution in [0.4, 0.5) is 22.9 Å². The van der Waals surface area contributed by atoms with Crippen LogP contribution in [0, 0.1) is 5.92 Å². The van der Waals surface area contributed by atoms with Crippen LogP contribution in [0.2, 0.25) is 0 Å². The number of oxime groups is 1. The minimum absolute atomic E-state index is 0.0234. The van der Waals surface area contributed by atoms with Crippen molar-refractivity contribution in [2.24, 2.45) is 11.1 Å². The van der Waals surface area contributed by atoms with E-state index in [2.05, 4.69) is 38.6 Å². The van der Waals surface area contributed by atoms with Gasteiger partial charge in [0.1, 0.15) is 12.9 Å². The number of hydrogen-bond donors (Lipinski definition) is 1. The van der Waals surface area contributed by atoms with Gasteiger partial charge in [0, 0.05) is 36.5 Å². The van der Waals surface area contributed by atoms with Crippen molar-refractivity contribution in [3.63, 3.8) is 0 Å². The van der Waals surface area contributed by atoms with Gasteiger partial charge in [-0.05, 0) is 62.8 Å². The molecule has 4 heterocycles. The quantitative estimate of drug-likeness (QED) is 0.689. The number of rotatable bonds is 3. The van der Waals surface area contributed by atoms with Crippen molar-refractivity contribution in [3.8, 4) is 0 Å². The molecule has 178 valence electrons. The molecule has 1 saturated carbocycles. The molecule has 2 aromatic rings. The topological polar surface area (TPSA) is 79.3 Å². The van der Waals surface area contributed by atoms with Crippen LogP contribution in [-0.2, 0) is 20.9 Å². The van der Waals surface area contributed by atoms with Crippen molar-refractivity contribution < 1.29 is 14.4 Å². The Morgan fingerprint density at radius 3 is 2.71 bits per heavy atom. The first-order valence-electron chi connectivity index (χ1n) is 12.3. The minimum atomic E-state index is -0.0234. The maximum absolute atomic E-state index is 13.9. The fraction of sp³-hybridized carbons (Fsp3) is 0.500. The minimum Gasteiger partial charge on any atom is -0.399 e. The zero-order valence-electron chi connectivity index (χ0n) is 19.6. The summed E-state index contributed by atoms with van der Waals surface area (Å²) < 4.78 is 6.04. The van der Waals surface area contributed by atoms with Crippen LogP contribution in [0.15, 0.2) is 41.7 Å². The van der Waals surface area contributed by atoms with Gasteiger partial charge in [0.05, 0.1) is 35.8 Å². The molecular weight excluding hydrogens is 430 g/mol. The van der Waals surface area contributed by atoms with E-state index in [1.807, 2.05) is 17.0 Å². The van der Waals surface area contributed by atoms with Crippen LogP contribution in [-0.4, -0.2) is 49.0 Å². The highest BCUT2D eigenvalue weighted by molar-refractivity contribution is 6.01. The summed E-state index contributed by atoms with van der Waals surface area (Å²) in [7, 11) is 1.58. The van der Waals surface area contributed by atoms with E-state index < -0.39 is 0 Å². The van der Waals surface area contributed by atoms with Gasteiger partial charge in [0.25, 0.3) is 0 Å². The summed E-state index contributed by atoms with van der Waals surface area (Å²) in [6, 6.07) is 10.4. The Balaban J connectivity index is 1.33. The number of fused-ring (bicyclic) bond motifs is 4. The average molecular weight is 462 g/mol. The summed E-state index contributed by atoms with van der Waals surface area (Å²) in [4.78, 5) is 27.8. The molecule has 4 aliphatic rings. The monoisotopic (exact) mass is 461 g/mol. The molecule has 1 aliphatic carbocycles. The standard InChI is InChI=1S/C26H31N5O3/c1-33-29-19-6-4-17(5-7-19)26(32)31-14-18-3-2-12-27-25(18)28-23-11-8-20(13-24(23)31)30-15-21-9-10-22(16-30)34-21/h2-3,8,11-13,17,21-22H,4-7,9-10,14-16H2,1H3,(H,27,28). The second-order valence-electron chi connectivity index (χ2n) is 9.74. The highest BCUT2D eigenvalue weighted by Crippen LogP contribution is 2.40. The normalized spacial score (nSPS) is 25.7. The zero-order chi connectivity index (χ0) is 23.1. The third-order valence-electron chi connectivity index (χ3n) is 7.55. The summed E-state index contributed by atoms with van der Waals surface area (Å²) in [6.07, 6.45) is 7.89. The molecule has 8 nitrogen and oxygen atoms in total. The van der Waals surface area contributed by atoms with Crippen LogP contribution in [0.1, 0.15) is 44.1 Å². The van der Waals surface area contributed by atoms with Crippen molar-refractivity contribution in [3.05, 3.63) is 42.1 Å². The third kappa shape index (κ3) is 4.00. The number of nitrogens with zero attached hydrogens (tertiary/aromatic N) is 4. The number of pyridine rings is 1. The summed E-state index contributed by atoms with van der Waals surface area (Å²) >= 11 is 0. The largest absolute Gasteiger partial charge is 0.399 e. The lowest BCUT2D eigenvalue weighted by molar-refractivity contribution is -0.123. The lowest BCUT2D eigenvalue weighted by Gasteiger charge is -2.35. The van der Waals surface area contributed by atoms with Gasteiger partial charge in [-0.1, -0.05) is 11.2 Å². The number of amides is 1. The fourth-order valence-corrected chi connectivity index (χ4v) is 5.77. The van der Waals surface area contributed by atoms with Crippen molar-refractivity contribution >= 4 is 34.5 Å². The van der Waals surface area contributed by atoms with Crippen molar-refractivity contribution in [1.29, 1.82) is 0 Å². The Morgan fingerprint density at radius 1 is 1.15 bits per heavy atom. The summed E-state index contributed by atoms with van der Waals surface area (Å²) in [5.74, 6) is 0.967. The molecule has 2 atom stereocenters. The predicted octanol–water partition coefficient (Wildman–Crippen LogP) is 4.23. The number of morpholine rings is 1. The Bertz CT molecular complexity index is 1100. The van der Waals surface area contributed by atoms with Gasteiger partial charge in [-0.15, -0.1) is 0 Å². The molecule has 0 radical (unpaired) electrons. The van der Waals surface area contributed by atoms with E-state index in [-0.39, 0.29) is 11.8 Å². The number of aromatic nitrogens is 1. The van der Waals surface area contributed by atoms with Gasteiger partial charge in [0.15, 0.2) is 0 Å². The predicted molar refractivity (Wildman–Crippen MR) is 132 cm³/mol. The van der Waals surface area contributed by atoms with Gasteiger partial charge in [0.2, 0.25) is 5.91 Å². The smallest absolute Gasteiger partial charge is 0.230 e. The van der Waals surface area contributed by atoms with Gasteiger partial charge in [-0.3, -0.25) is 4.79 Å². The third-order valence-corrected chi connectivity index (χ3v) is 7.55. The van der Waals surface area contributed by atoms with E-state index in [4.69, 9.17) is 9.57 Å². The highest BCUT2D eigenvalue weighted by atomic mass is 16.6. The molecule has 2 saturated heterocycles. The van der Waals surface area contributed by atoms with Crippen molar-refractivity contribution in [2.75, 3.05) is 35.3 Å². The number of nitrogens with one attached hydrogen (secondary N) is 1. The molecule has 3 fully saturated rings. The van der Waals surface area contributed by atoms with Gasteiger partial charge in [-0.2, -0.15) is 0 Å². The molecule has 1 amide bonds. The molecule has 6 rings (SSSR count). The van der Waals surface area contributed by atoms with Crippen molar-refractivity contribution in [2.45, 2.75) is 57.3 Å². The Morgan fingerprint density at radius 2 is 1.94 bits per heavy atom. The molecule has 1 N–H and O–H groups in total. The highest BCUT2D eigenvalue weighted by Gasteiger charge is 2.35. The Hall–Kier alpha value is -3.13. The van der Waals surface area contributed by atoms with Gasteiger partial charge in [-0.25, -0.2) is 4.98 Å². The lowest BCUT2D eigenvalue weighted by atomic mass is 9.86. The number of carbonyl (C=O) groups excluding carboxylic acids is 1. The molecule has 1 aromatic carbocycles. The van der Waals surface area contributed by atoms with Crippen LogP contribution >= 0.6 is 0 Å². The maximum Gasteiger partial charge on any atom is 0.230 e. The fourth-order valence-electron chi connectivity index (χ4n) is 5.77. The number of benzene rings is 1. The lowest BCUT2D eigenvalue weighted by Crippen LogP contribution is -2.42. The SMILES string of the molecule is CON=C1CCC(C(=O)N2Cc3cccnc3Nc3ccc(N4CC5CCC(C4)O5)cc32)CC1. The second-order valence-corrected chi connectivity index (χ2v) is 9.74.